The van der Waals surface area contributed by atoms with Gasteiger partial charge in [0.2, 0.25) is 0 Å². The van der Waals surface area contributed by atoms with Crippen LogP contribution in [0.1, 0.15) is 56.1 Å². The molecule has 1 N–H and O–H groups in total. The number of nitrogens with zero attached hydrogens (tertiary/aromatic N) is 9. The molecule has 0 radical (unpaired) electrons. The molecule has 6 rings (SSSR count). The lowest BCUT2D eigenvalue weighted by atomic mass is 10.1. The Morgan fingerprint density at radius 1 is 0.800 bits per heavy atom. The number of aryl methyl sites for hydroxylation is 4. The number of hydroxylamine groups is 4. The maximum atomic E-state index is 12.5. The van der Waals surface area contributed by atoms with Crippen molar-refractivity contribution in [3.8, 4) is 28.8 Å². The molecule has 0 fully saturated rings. The molecular weight excluding hydrogens is 584 g/mol. The average molecular weight is 621 g/mol. The fourth-order valence-corrected chi connectivity index (χ4v) is 5.64. The number of hydrogen-bond acceptors (Lipinski definition) is 11. The number of amides is 2. The maximum absolute atomic E-state index is 12.5. The first-order valence-electron chi connectivity index (χ1n) is 14.3. The first-order chi connectivity index (χ1) is 21.6. The van der Waals surface area contributed by atoms with E-state index in [-0.39, 0.29) is 11.8 Å². The quantitative estimate of drug-likeness (QED) is 0.318. The minimum Gasteiger partial charge on any atom is -0.467 e. The van der Waals surface area contributed by atoms with Gasteiger partial charge in [-0.05, 0) is 49.7 Å². The van der Waals surface area contributed by atoms with Crippen molar-refractivity contribution in [1.29, 1.82) is 0 Å². The fourth-order valence-electron chi connectivity index (χ4n) is 5.64. The van der Waals surface area contributed by atoms with E-state index >= 15 is 0 Å². The van der Waals surface area contributed by atoms with Crippen LogP contribution in [0.3, 0.4) is 0 Å². The van der Waals surface area contributed by atoms with Crippen molar-refractivity contribution >= 4 is 11.8 Å². The highest BCUT2D eigenvalue weighted by Gasteiger charge is 2.30. The van der Waals surface area contributed by atoms with Crippen molar-refractivity contribution in [2.45, 2.75) is 38.5 Å². The summed E-state index contributed by atoms with van der Waals surface area (Å²) < 4.78 is 8.47. The van der Waals surface area contributed by atoms with E-state index in [0.717, 1.165) is 76.5 Å². The van der Waals surface area contributed by atoms with Gasteiger partial charge < -0.3 is 9.72 Å². The lowest BCUT2D eigenvalue weighted by Crippen LogP contribution is -2.26. The van der Waals surface area contributed by atoms with Crippen molar-refractivity contribution in [1.82, 2.24) is 49.6 Å². The van der Waals surface area contributed by atoms with Gasteiger partial charge >= 0.3 is 11.7 Å². The van der Waals surface area contributed by atoms with E-state index in [4.69, 9.17) is 14.4 Å². The molecule has 2 aliphatic carbocycles. The van der Waals surface area contributed by atoms with Crippen LogP contribution in [-0.4, -0.2) is 96.9 Å². The fraction of sp³-hybridized carbons (Fsp3) is 0.448. The summed E-state index contributed by atoms with van der Waals surface area (Å²) in [5.74, 6) is -0.576. The van der Waals surface area contributed by atoms with Crippen molar-refractivity contribution in [2.24, 2.45) is 14.1 Å². The number of carbonyl (C=O) groups is 2. The topological polar surface area (TPSA) is 175 Å². The summed E-state index contributed by atoms with van der Waals surface area (Å²) in [4.78, 5) is 61.6. The molecule has 0 aliphatic heterocycles. The van der Waals surface area contributed by atoms with Crippen molar-refractivity contribution in [3.63, 3.8) is 0 Å². The molecule has 0 saturated carbocycles. The van der Waals surface area contributed by atoms with Crippen LogP contribution in [0.25, 0.3) is 22.8 Å². The normalized spacial score (nSPS) is 13.1. The van der Waals surface area contributed by atoms with Crippen LogP contribution in [-0.2, 0) is 49.5 Å². The average Bonchev–Trinajstić information content (AvgIpc) is 3.38. The largest absolute Gasteiger partial charge is 0.467 e. The molecule has 4 aromatic rings. The predicted octanol–water partition coefficient (Wildman–Crippen LogP) is 1.30. The Kier molecular flexibility index (Phi) is 9.06. The van der Waals surface area contributed by atoms with Crippen molar-refractivity contribution in [3.05, 3.63) is 56.5 Å². The van der Waals surface area contributed by atoms with E-state index in [2.05, 4.69) is 30.1 Å². The molecule has 0 aromatic carbocycles. The summed E-state index contributed by atoms with van der Waals surface area (Å²) >= 11 is 0. The molecule has 0 atom stereocenters. The molecule has 4 heterocycles. The summed E-state index contributed by atoms with van der Waals surface area (Å²) in [7, 11) is 11.1. The molecule has 16 nitrogen and oxygen atoms in total. The van der Waals surface area contributed by atoms with Gasteiger partial charge in [0, 0.05) is 51.7 Å². The first-order valence-corrected chi connectivity index (χ1v) is 14.3. The molecule has 16 heteroatoms. The summed E-state index contributed by atoms with van der Waals surface area (Å²) in [6, 6.07) is 0.305. The zero-order valence-electron chi connectivity index (χ0n) is 26.4. The van der Waals surface area contributed by atoms with Crippen LogP contribution in [0.15, 0.2) is 17.2 Å². The van der Waals surface area contributed by atoms with Gasteiger partial charge in [0.05, 0.1) is 44.1 Å². The first kappa shape index (κ1) is 31.5. The Bertz CT molecular complexity index is 1810. The highest BCUT2D eigenvalue weighted by atomic mass is 16.7. The zero-order valence-corrected chi connectivity index (χ0v) is 26.4. The number of methoxy groups -OCH3 is 1. The molecular formula is C29H36N10O6. The number of hydrogen-bond donors (Lipinski definition) is 1. The summed E-state index contributed by atoms with van der Waals surface area (Å²) in [6.07, 6.45) is 8.24. The van der Waals surface area contributed by atoms with Crippen molar-refractivity contribution < 1.29 is 24.0 Å². The Hall–Kier alpha value is -4.96. The van der Waals surface area contributed by atoms with Crippen LogP contribution in [0.2, 0.25) is 0 Å². The van der Waals surface area contributed by atoms with Gasteiger partial charge in [-0.25, -0.2) is 24.9 Å². The predicted molar refractivity (Wildman–Crippen MR) is 160 cm³/mol. The van der Waals surface area contributed by atoms with Crippen LogP contribution < -0.4 is 10.4 Å². The van der Waals surface area contributed by atoms with Gasteiger partial charge in [0.25, 0.3) is 11.8 Å². The molecule has 0 saturated heterocycles. The second kappa shape index (κ2) is 13.0. The Balaban J connectivity index is 0.000000178. The zero-order chi connectivity index (χ0) is 32.4. The van der Waals surface area contributed by atoms with Crippen LogP contribution in [0.5, 0.6) is 6.01 Å². The van der Waals surface area contributed by atoms with Gasteiger partial charge in [-0.3, -0.25) is 28.6 Å². The third-order valence-corrected chi connectivity index (χ3v) is 7.94. The number of aromatic nitrogens is 8. The lowest BCUT2D eigenvalue weighted by molar-refractivity contribution is -0.0761. The summed E-state index contributed by atoms with van der Waals surface area (Å²) in [6.45, 7) is 0. The number of carbonyl (C=O) groups excluding carboxylic acids is 2. The number of fused-ring (bicyclic) bond motifs is 6. The number of H-pyrrole nitrogens is 1. The van der Waals surface area contributed by atoms with Crippen LogP contribution in [0.4, 0.5) is 0 Å². The smallest absolute Gasteiger partial charge is 0.345 e. The van der Waals surface area contributed by atoms with E-state index in [1.165, 1.54) is 26.4 Å². The van der Waals surface area contributed by atoms with Crippen LogP contribution >= 0.6 is 0 Å². The van der Waals surface area contributed by atoms with Gasteiger partial charge in [0.15, 0.2) is 11.4 Å². The molecule has 238 valence electrons. The second-order valence-corrected chi connectivity index (χ2v) is 10.6. The number of rotatable bonds is 5. The lowest BCUT2D eigenvalue weighted by Gasteiger charge is -2.12. The van der Waals surface area contributed by atoms with Gasteiger partial charge in [-0.2, -0.15) is 15.2 Å². The molecule has 0 spiro atoms. The number of aromatic amines is 1. The van der Waals surface area contributed by atoms with E-state index < -0.39 is 5.69 Å². The molecule has 2 aliphatic rings. The SMILES string of the molecule is CON(C)C(=O)c1nn(C)c2c1CCCc1cnc(=O)[nH]c1-2.COc1ncc2c(n1)-c1c(c(C(=O)N(C)OC)nn1C)CCC2. The standard InChI is InChI=1S/C15H19N5O3.C14H17N5O3/c1-19-13-10(12(18-19)14(21)20(2)23-4)7-5-6-9-8-16-15(22-3)17-11(9)13;1-18-12-9(11(17-18)13(20)19(2)22-3)6-4-5-8-7-15-14(21)16-10(8)12/h8H,5-7H2,1-4H3;7H,4-6H2,1-3H3,(H,15,16,21). The van der Waals surface area contributed by atoms with Gasteiger partial charge in [-0.1, -0.05) is 0 Å². The van der Waals surface area contributed by atoms with Gasteiger partial charge in [0.1, 0.15) is 0 Å². The monoisotopic (exact) mass is 620 g/mol. The number of ether oxygens (including phenoxy) is 1. The molecule has 4 aromatic heterocycles. The molecule has 0 unspecified atom stereocenters. The van der Waals surface area contributed by atoms with E-state index in [1.54, 1.807) is 42.9 Å². The van der Waals surface area contributed by atoms with E-state index in [0.29, 0.717) is 29.5 Å². The van der Waals surface area contributed by atoms with E-state index in [9.17, 15) is 14.4 Å². The minimum absolute atomic E-state index is 0.270. The summed E-state index contributed by atoms with van der Waals surface area (Å²) in [5, 5.41) is 11.1. The third kappa shape index (κ3) is 5.93. The minimum atomic E-state index is -0.408. The summed E-state index contributed by atoms with van der Waals surface area (Å²) in [5.41, 5.74) is 7.13. The highest BCUT2D eigenvalue weighted by Crippen LogP contribution is 2.34. The Morgan fingerprint density at radius 3 is 1.91 bits per heavy atom. The second-order valence-electron chi connectivity index (χ2n) is 10.6. The van der Waals surface area contributed by atoms with E-state index in [1.807, 2.05) is 7.05 Å². The number of nitrogens with one attached hydrogen (secondary N) is 1. The Morgan fingerprint density at radius 2 is 1.33 bits per heavy atom. The van der Waals surface area contributed by atoms with Crippen molar-refractivity contribution in [2.75, 3.05) is 35.4 Å². The highest BCUT2D eigenvalue weighted by molar-refractivity contribution is 5.95. The maximum Gasteiger partial charge on any atom is 0.345 e. The third-order valence-electron chi connectivity index (χ3n) is 7.94. The van der Waals surface area contributed by atoms with Gasteiger partial charge in [-0.15, -0.1) is 0 Å². The molecule has 45 heavy (non-hydrogen) atoms. The Labute approximate surface area is 258 Å². The molecule has 2 amide bonds. The molecule has 0 bridgehead atoms. The van der Waals surface area contributed by atoms with Crippen LogP contribution in [0, 0.1) is 0 Å².